The fourth-order valence-corrected chi connectivity index (χ4v) is 8.15. The van der Waals surface area contributed by atoms with Crippen molar-refractivity contribution in [1.82, 2.24) is 0 Å². The summed E-state index contributed by atoms with van der Waals surface area (Å²) in [5, 5.41) is 0. The molecule has 0 aromatic rings. The first-order valence-electron chi connectivity index (χ1n) is 6.61. The number of hydrogen-bond donors (Lipinski definition) is 2. The van der Waals surface area contributed by atoms with Crippen LogP contribution < -0.4 is 0 Å². The largest absolute Gasteiger partial charge is 0.471 e. The lowest BCUT2D eigenvalue weighted by molar-refractivity contribution is 0.111. The lowest BCUT2D eigenvalue weighted by Crippen LogP contribution is -2.62. The van der Waals surface area contributed by atoms with Crippen molar-refractivity contribution in [3.05, 3.63) is 0 Å². The van der Waals surface area contributed by atoms with Crippen molar-refractivity contribution < 1.29 is 18.9 Å². The molecule has 0 aliphatic heterocycles. The Morgan fingerprint density at radius 2 is 1.48 bits per heavy atom. The minimum atomic E-state index is -4.90. The van der Waals surface area contributed by atoms with E-state index in [9.17, 15) is 14.4 Å². The predicted molar refractivity (Wildman–Crippen MR) is 109 cm³/mol. The summed E-state index contributed by atoms with van der Waals surface area (Å²) in [6, 6.07) is 0. The van der Waals surface area contributed by atoms with Crippen LogP contribution in [0.3, 0.4) is 0 Å². The Kier molecular flexibility index (Phi) is 9.85. The average molecular weight is 627 g/mol. The molecule has 0 aromatic heterocycles. The Morgan fingerprint density at radius 3 is 1.74 bits per heavy atom. The summed E-state index contributed by atoms with van der Waals surface area (Å²) in [6.07, 6.45) is 0.965. The van der Waals surface area contributed by atoms with Gasteiger partial charge in [0.1, 0.15) is 13.0 Å². The van der Waals surface area contributed by atoms with Crippen LogP contribution in [-0.2, 0) is 9.09 Å². The molecule has 0 fully saturated rings. The van der Waals surface area contributed by atoms with E-state index >= 15 is 0 Å². The van der Waals surface area contributed by atoms with E-state index in [1.807, 2.05) is 6.92 Å². The molecule has 0 rings (SSSR count). The molecule has 0 spiro atoms. The van der Waals surface area contributed by atoms with Gasteiger partial charge in [-0.25, -0.2) is 4.57 Å². The molecule has 0 aromatic carbocycles. The maximum absolute atomic E-state index is 11.4. The third-order valence-electron chi connectivity index (χ3n) is 3.50. The van der Waals surface area contributed by atoms with Crippen LogP contribution in [0, 0.1) is 5.92 Å². The summed E-state index contributed by atoms with van der Waals surface area (Å²) in [5.74, 6) is -0.649. The van der Waals surface area contributed by atoms with E-state index in [0.717, 1.165) is 0 Å². The highest BCUT2D eigenvalue weighted by molar-refractivity contribution is 9.26. The lowest BCUT2D eigenvalue weighted by atomic mass is 9.82. The van der Waals surface area contributed by atoms with E-state index in [2.05, 4.69) is 47.8 Å². The van der Waals surface area contributed by atoms with Gasteiger partial charge in [0.05, 0.1) is 0 Å². The highest BCUT2D eigenvalue weighted by atomic mass is 79.9. The first-order chi connectivity index (χ1) is 10.0. The van der Waals surface area contributed by atoms with Crippen molar-refractivity contribution in [2.75, 3.05) is 0 Å². The van der Waals surface area contributed by atoms with E-state index in [1.54, 1.807) is 13.8 Å². The molecule has 0 amide bonds. The van der Waals surface area contributed by atoms with Gasteiger partial charge in [-0.3, -0.25) is 4.52 Å². The second-order valence-corrected chi connectivity index (χ2v) is 13.7. The van der Waals surface area contributed by atoms with Crippen molar-refractivity contribution in [2.24, 2.45) is 5.92 Å². The molecule has 23 heavy (non-hydrogen) atoms. The zero-order valence-corrected chi connectivity index (χ0v) is 21.2. The highest BCUT2D eigenvalue weighted by Crippen LogP contribution is 2.67. The molecule has 140 valence electrons. The van der Waals surface area contributed by atoms with Gasteiger partial charge in [0.2, 0.25) is 3.42 Å². The summed E-state index contributed by atoms with van der Waals surface area (Å²) in [7, 11) is -4.90. The fraction of sp³-hybridized carbons (Fsp3) is 1.00. The SMILES string of the molecule is CCC(C(Cl)(Cl)CC)C(Br)(C(Cl)(Cl)CC)C(Br)(Br)OP(=O)(O)O. The van der Waals surface area contributed by atoms with E-state index in [0.29, 0.717) is 12.8 Å². The molecule has 0 saturated carbocycles. The van der Waals surface area contributed by atoms with Gasteiger partial charge in [-0.15, -0.1) is 23.2 Å². The summed E-state index contributed by atoms with van der Waals surface area (Å²) in [4.78, 5) is 18.5. The van der Waals surface area contributed by atoms with Crippen molar-refractivity contribution in [3.63, 3.8) is 0 Å². The van der Waals surface area contributed by atoms with Crippen molar-refractivity contribution in [2.45, 2.75) is 56.4 Å². The van der Waals surface area contributed by atoms with Crippen LogP contribution in [0.25, 0.3) is 0 Å². The Labute approximate surface area is 181 Å². The second kappa shape index (κ2) is 8.81. The van der Waals surface area contributed by atoms with Crippen LogP contribution in [-0.4, -0.2) is 26.2 Å². The zero-order chi connectivity index (χ0) is 18.9. The number of halogens is 7. The van der Waals surface area contributed by atoms with Crippen LogP contribution in [0.4, 0.5) is 0 Å². The molecule has 2 N–H and O–H groups in total. The number of rotatable bonds is 9. The van der Waals surface area contributed by atoms with Crippen LogP contribution in [0.1, 0.15) is 40.0 Å². The molecular weight excluding hydrogens is 609 g/mol. The van der Waals surface area contributed by atoms with Gasteiger partial charge in [-0.2, -0.15) is 0 Å². The van der Waals surface area contributed by atoms with Crippen LogP contribution in [0.15, 0.2) is 0 Å². The quantitative estimate of drug-likeness (QED) is 0.217. The number of phosphoric acid groups is 1. The summed E-state index contributed by atoms with van der Waals surface area (Å²) < 4.78 is 10.1. The normalized spacial score (nSPS) is 18.6. The Morgan fingerprint density at radius 1 is 1.04 bits per heavy atom. The maximum atomic E-state index is 11.4. The smallest absolute Gasteiger partial charge is 0.303 e. The van der Waals surface area contributed by atoms with E-state index in [4.69, 9.17) is 50.9 Å². The number of alkyl halides is 7. The Balaban J connectivity index is 6.40. The van der Waals surface area contributed by atoms with Crippen molar-refractivity contribution in [1.29, 1.82) is 0 Å². The molecule has 12 heteroatoms. The minimum Gasteiger partial charge on any atom is -0.303 e. The molecule has 0 radical (unpaired) electrons. The predicted octanol–water partition coefficient (Wildman–Crippen LogP) is 6.87. The minimum absolute atomic E-state index is 0.217. The molecule has 4 nitrogen and oxygen atoms in total. The molecular formula is C11H18Br3Cl4O4P. The molecule has 0 saturated heterocycles. The van der Waals surface area contributed by atoms with Gasteiger partial charge < -0.3 is 9.79 Å². The number of hydrogen-bond acceptors (Lipinski definition) is 2. The average Bonchev–Trinajstić information content (AvgIpc) is 2.35. The van der Waals surface area contributed by atoms with Gasteiger partial charge >= 0.3 is 7.82 Å². The van der Waals surface area contributed by atoms with Crippen LogP contribution >= 0.6 is 102 Å². The number of phosphoric ester groups is 1. The first-order valence-corrected chi connectivity index (χ1v) is 12.0. The molecule has 0 heterocycles. The second-order valence-electron chi connectivity index (χ2n) is 4.94. The standard InChI is InChI=1S/C11H18Br3Cl4O4P/c1-4-7(8(15,16)5-2)10(12,9(17,18)6-3)11(13,14)22-23(19,20)21/h7H,4-6H2,1-3H3,(H2,19,20,21). The maximum Gasteiger partial charge on any atom is 0.471 e. The topological polar surface area (TPSA) is 66.8 Å². The Bertz CT molecular complexity index is 461. The fourth-order valence-electron chi connectivity index (χ4n) is 2.26. The van der Waals surface area contributed by atoms with Gasteiger partial charge in [0.25, 0.3) is 0 Å². The highest BCUT2D eigenvalue weighted by Gasteiger charge is 2.68. The third kappa shape index (κ3) is 5.84. The molecule has 0 aliphatic carbocycles. The lowest BCUT2D eigenvalue weighted by Gasteiger charge is -2.52. The van der Waals surface area contributed by atoms with Gasteiger partial charge in [-0.1, -0.05) is 59.9 Å². The third-order valence-corrected chi connectivity index (χ3v) is 11.6. The Hall–Kier alpha value is 2.71. The van der Waals surface area contributed by atoms with Gasteiger partial charge in [0.15, 0.2) is 0 Å². The monoisotopic (exact) mass is 622 g/mol. The molecule has 2 atom stereocenters. The molecule has 2 unspecified atom stereocenters. The van der Waals surface area contributed by atoms with Crippen LogP contribution in [0.2, 0.25) is 0 Å². The summed E-state index contributed by atoms with van der Waals surface area (Å²) in [5.41, 5.74) is 0. The summed E-state index contributed by atoms with van der Waals surface area (Å²) >= 11 is 35.6. The van der Waals surface area contributed by atoms with E-state index < -0.39 is 30.2 Å². The van der Waals surface area contributed by atoms with E-state index in [1.165, 1.54) is 0 Å². The van der Waals surface area contributed by atoms with Gasteiger partial charge in [0, 0.05) is 5.92 Å². The zero-order valence-electron chi connectivity index (χ0n) is 12.5. The van der Waals surface area contributed by atoms with Crippen molar-refractivity contribution in [3.8, 4) is 0 Å². The summed E-state index contributed by atoms with van der Waals surface area (Å²) in [6.45, 7) is 5.30. The molecule has 0 bridgehead atoms. The van der Waals surface area contributed by atoms with E-state index in [-0.39, 0.29) is 6.42 Å². The first kappa shape index (κ1) is 25.7. The van der Waals surface area contributed by atoms with Crippen molar-refractivity contribution >= 4 is 102 Å². The molecule has 0 aliphatic rings. The van der Waals surface area contributed by atoms with Crippen LogP contribution in [0.5, 0.6) is 0 Å². The van der Waals surface area contributed by atoms with Gasteiger partial charge in [-0.05, 0) is 51.1 Å².